The quantitative estimate of drug-likeness (QED) is 0.0576. The number of guanidine groups is 1. The summed E-state index contributed by atoms with van der Waals surface area (Å²) in [6, 6.07) is -3.04. The molecule has 0 spiro atoms. The standard InChI is InChI=1S/C27H39N11O12S2/c1-25(2,3)48-23(43)32-22(33-24(44)49-26(4,5)6)29-9-13-10-37(36-34-13)11-15-17(19(40)38(15)52(45,46)47)31-18(39)16(14-12-51-21(28)30-14)35-50-27(7,8)20(41)42/h10,12,15,17H,9,11H2,1-8H3,(H2,28,30)(H,31,39)(H,41,42)(H,45,46,47)(H2,29,32,33,43,44)/t15-,17+/m1/s1. The molecule has 286 valence electrons. The van der Waals surface area contributed by atoms with E-state index in [0.29, 0.717) is 0 Å². The van der Waals surface area contributed by atoms with E-state index in [-0.39, 0.29) is 33.3 Å². The van der Waals surface area contributed by atoms with Crippen LogP contribution in [0.3, 0.4) is 0 Å². The van der Waals surface area contributed by atoms with Crippen molar-refractivity contribution >= 4 is 68.4 Å². The molecule has 1 fully saturated rings. The lowest BCUT2D eigenvalue weighted by molar-refractivity contribution is -0.161. The van der Waals surface area contributed by atoms with Crippen molar-refractivity contribution in [1.82, 2.24) is 40.2 Å². The second kappa shape index (κ2) is 15.4. The number of aliphatic carboxylic acids is 1. The van der Waals surface area contributed by atoms with Gasteiger partial charge in [0, 0.05) is 5.38 Å². The Balaban J connectivity index is 1.84. The van der Waals surface area contributed by atoms with Gasteiger partial charge in [-0.3, -0.25) is 24.8 Å². The first-order valence-corrected chi connectivity index (χ1v) is 17.3. The fraction of sp³-hybridized carbons (Fsp3) is 0.556. The van der Waals surface area contributed by atoms with Crippen molar-refractivity contribution in [2.75, 3.05) is 5.73 Å². The van der Waals surface area contributed by atoms with Crippen LogP contribution < -0.4 is 21.7 Å². The summed E-state index contributed by atoms with van der Waals surface area (Å²) in [4.78, 5) is 75.6. The van der Waals surface area contributed by atoms with Gasteiger partial charge < -0.3 is 30.5 Å². The van der Waals surface area contributed by atoms with Gasteiger partial charge >= 0.3 is 28.5 Å². The average Bonchev–Trinajstić information content (AvgIpc) is 3.60. The summed E-state index contributed by atoms with van der Waals surface area (Å²) in [5, 5.41) is 29.0. The van der Waals surface area contributed by atoms with Crippen LogP contribution in [0.2, 0.25) is 0 Å². The van der Waals surface area contributed by atoms with Crippen LogP contribution in [0.15, 0.2) is 21.7 Å². The Morgan fingerprint density at radius 3 is 2.10 bits per heavy atom. The minimum atomic E-state index is -5.13. The van der Waals surface area contributed by atoms with Gasteiger partial charge in [0.25, 0.3) is 11.8 Å². The number of hydrogen-bond acceptors (Lipinski definition) is 17. The summed E-state index contributed by atoms with van der Waals surface area (Å²) in [5.41, 5.74) is 1.40. The van der Waals surface area contributed by atoms with E-state index in [1.807, 2.05) is 0 Å². The number of carbonyl (C=O) groups is 5. The maximum absolute atomic E-state index is 13.3. The molecule has 3 rings (SSSR count). The number of oxime groups is 1. The van der Waals surface area contributed by atoms with E-state index in [1.54, 1.807) is 41.5 Å². The number of anilines is 1. The lowest BCUT2D eigenvalue weighted by atomic mass is 9.98. The van der Waals surface area contributed by atoms with Gasteiger partial charge in [0.15, 0.2) is 10.8 Å². The molecule has 1 aliphatic heterocycles. The number of ether oxygens (including phenoxy) is 2. The van der Waals surface area contributed by atoms with E-state index in [2.05, 4.69) is 41.4 Å². The van der Waals surface area contributed by atoms with Crippen LogP contribution >= 0.6 is 11.3 Å². The molecule has 0 aromatic carbocycles. The normalized spacial score (nSPS) is 16.7. The third kappa shape index (κ3) is 11.6. The number of alkyl carbamates (subject to hydrolysis) is 2. The van der Waals surface area contributed by atoms with E-state index in [0.717, 1.165) is 29.9 Å². The maximum Gasteiger partial charge on any atom is 0.414 e. The first-order chi connectivity index (χ1) is 23.8. The predicted octanol–water partition coefficient (Wildman–Crippen LogP) is 0.00470. The number of aromatic nitrogens is 4. The number of aliphatic imine (C=N–C) groups is 1. The second-order valence-corrected chi connectivity index (χ2v) is 15.6. The maximum atomic E-state index is 13.3. The summed E-state index contributed by atoms with van der Waals surface area (Å²) in [5.74, 6) is -4.13. The monoisotopic (exact) mass is 773 g/mol. The molecule has 0 unspecified atom stereocenters. The van der Waals surface area contributed by atoms with E-state index < -0.39 is 81.4 Å². The summed E-state index contributed by atoms with van der Waals surface area (Å²) in [6.07, 6.45) is -0.608. The smallest absolute Gasteiger partial charge is 0.414 e. The first-order valence-electron chi connectivity index (χ1n) is 15.0. The highest BCUT2D eigenvalue weighted by Gasteiger charge is 2.54. The van der Waals surface area contributed by atoms with E-state index >= 15 is 0 Å². The molecule has 52 heavy (non-hydrogen) atoms. The lowest BCUT2D eigenvalue weighted by Gasteiger charge is -2.43. The highest BCUT2D eigenvalue weighted by molar-refractivity contribution is 7.84. The highest BCUT2D eigenvalue weighted by Crippen LogP contribution is 2.26. The molecular formula is C27H39N11O12S2. The van der Waals surface area contributed by atoms with Crippen molar-refractivity contribution in [3.63, 3.8) is 0 Å². The van der Waals surface area contributed by atoms with E-state index in [4.69, 9.17) is 20.0 Å². The minimum absolute atomic E-state index is 0.0165. The SMILES string of the molecule is CC(C)(C)OC(=O)NC(=NCc1cn(C[C@@H]2[C@H](NC(=O)C(=NOC(C)(C)C(=O)O)c3csc(N)n3)C(=O)N2S(=O)(=O)O)nn1)NC(=O)OC(C)(C)C. The zero-order valence-corrected chi connectivity index (χ0v) is 30.9. The van der Waals surface area contributed by atoms with Crippen molar-refractivity contribution in [3.8, 4) is 0 Å². The Hall–Kier alpha value is -5.43. The van der Waals surface area contributed by atoms with Crippen molar-refractivity contribution < 1.29 is 56.4 Å². The number of rotatable bonds is 11. The number of carboxylic acid groups (broad SMARTS) is 1. The number of hydrogen-bond donors (Lipinski definition) is 6. The molecule has 2 atom stereocenters. The third-order valence-corrected chi connectivity index (χ3v) is 7.78. The van der Waals surface area contributed by atoms with Crippen LogP contribution in [0.25, 0.3) is 0 Å². The number of carbonyl (C=O) groups excluding carboxylic acids is 4. The van der Waals surface area contributed by atoms with E-state index in [1.165, 1.54) is 11.6 Å². The summed E-state index contributed by atoms with van der Waals surface area (Å²) in [7, 11) is -5.13. The zero-order valence-electron chi connectivity index (χ0n) is 29.2. The third-order valence-electron chi connectivity index (χ3n) is 6.16. The second-order valence-electron chi connectivity index (χ2n) is 13.4. The number of thiazole rings is 1. The summed E-state index contributed by atoms with van der Waals surface area (Å²) < 4.78 is 45.5. The largest absolute Gasteiger partial charge is 0.478 e. The topological polar surface area (TPSA) is 321 Å². The Labute approximate surface area is 300 Å². The number of β-lactam (4-membered cyclic amide) rings is 1. The molecule has 25 heteroatoms. The number of amides is 4. The van der Waals surface area contributed by atoms with Crippen LogP contribution in [-0.4, -0.2) is 113 Å². The van der Waals surface area contributed by atoms with Gasteiger partial charge in [-0.25, -0.2) is 33.3 Å². The molecule has 4 amide bonds. The van der Waals surface area contributed by atoms with Crippen LogP contribution in [-0.2, 0) is 52.1 Å². The van der Waals surface area contributed by atoms with Gasteiger partial charge in [0.2, 0.25) is 11.6 Å². The predicted molar refractivity (Wildman–Crippen MR) is 180 cm³/mol. The molecule has 0 saturated carbocycles. The fourth-order valence-corrected chi connectivity index (χ4v) is 5.33. The van der Waals surface area contributed by atoms with Crippen molar-refractivity contribution in [1.29, 1.82) is 0 Å². The van der Waals surface area contributed by atoms with Crippen molar-refractivity contribution in [3.05, 3.63) is 23.0 Å². The van der Waals surface area contributed by atoms with Crippen molar-refractivity contribution in [2.45, 2.75) is 97.4 Å². The van der Waals surface area contributed by atoms with Crippen molar-refractivity contribution in [2.24, 2.45) is 10.1 Å². The molecule has 1 aliphatic rings. The molecule has 2 aromatic heterocycles. The molecule has 0 aliphatic carbocycles. The fourth-order valence-electron chi connectivity index (χ4n) is 3.91. The average molecular weight is 774 g/mol. The molecule has 3 heterocycles. The van der Waals surface area contributed by atoms with Gasteiger partial charge in [-0.05, 0) is 55.4 Å². The molecule has 0 bridgehead atoms. The molecule has 7 N–H and O–H groups in total. The Morgan fingerprint density at radius 2 is 1.62 bits per heavy atom. The molecule has 1 saturated heterocycles. The molecule has 23 nitrogen and oxygen atoms in total. The summed E-state index contributed by atoms with van der Waals surface area (Å²) >= 11 is 0.917. The van der Waals surface area contributed by atoms with Gasteiger partial charge in [-0.2, -0.15) is 8.42 Å². The van der Waals surface area contributed by atoms with Gasteiger partial charge in [0.05, 0.1) is 25.3 Å². The Morgan fingerprint density at radius 1 is 1.04 bits per heavy atom. The molecular weight excluding hydrogens is 734 g/mol. The van der Waals surface area contributed by atoms with Gasteiger partial charge in [-0.15, -0.1) is 16.4 Å². The van der Waals surface area contributed by atoms with E-state index in [9.17, 15) is 42.0 Å². The summed E-state index contributed by atoms with van der Waals surface area (Å²) in [6.45, 7) is 11.3. The number of nitrogens with zero attached hydrogens (tertiary/aromatic N) is 7. The first kappa shape index (κ1) is 41.0. The number of carboxylic acids is 1. The van der Waals surface area contributed by atoms with Gasteiger partial charge in [0.1, 0.15) is 28.6 Å². The Kier molecular flexibility index (Phi) is 12.2. The number of nitrogens with one attached hydrogen (secondary N) is 3. The zero-order chi connectivity index (χ0) is 39.4. The van der Waals surface area contributed by atoms with Crippen LogP contribution in [0, 0.1) is 0 Å². The van der Waals surface area contributed by atoms with Gasteiger partial charge in [-0.1, -0.05) is 10.4 Å². The molecule has 2 aromatic rings. The lowest BCUT2D eigenvalue weighted by Crippen LogP contribution is -2.73. The van der Waals surface area contributed by atoms with Crippen LogP contribution in [0.4, 0.5) is 14.7 Å². The van der Waals surface area contributed by atoms with Crippen LogP contribution in [0.5, 0.6) is 0 Å². The number of nitrogens with two attached hydrogens (primary N) is 1. The Bertz CT molecular complexity index is 1840. The molecule has 0 radical (unpaired) electrons. The highest BCUT2D eigenvalue weighted by atomic mass is 32.2. The van der Waals surface area contributed by atoms with Crippen LogP contribution in [0.1, 0.15) is 66.8 Å². The minimum Gasteiger partial charge on any atom is -0.478 e. The number of nitrogen functional groups attached to an aromatic ring is 1.